The number of unbranched alkanes of at least 4 members (excludes halogenated alkanes) is 5. The lowest BCUT2D eigenvalue weighted by Gasteiger charge is -2.29. The molecule has 0 radical (unpaired) electrons. The monoisotopic (exact) mass is 415 g/mol. The SMILES string of the molecule is CCCCCC[C@H]1CC[C@H](c2ccc(C#Cc3ccc(CCCCC)cn3)cc2)CC1. The summed E-state index contributed by atoms with van der Waals surface area (Å²) in [5, 5.41) is 0. The highest BCUT2D eigenvalue weighted by atomic mass is 14.7. The molecule has 0 aliphatic heterocycles. The molecule has 1 nitrogen and oxygen atoms in total. The standard InChI is InChI=1S/C30H41N/c1-3-5-7-9-10-25-12-18-28(19-13-25)29-20-14-26(15-21-29)16-22-30-23-17-27(24-31-30)11-8-6-4-2/h14-15,17,20-21,23-25,28H,3-13,18-19H2,1-2H3/t25-,28-. The van der Waals surface area contributed by atoms with E-state index in [0.717, 1.165) is 29.5 Å². The molecule has 1 heteroatoms. The van der Waals surface area contributed by atoms with Crippen LogP contribution in [0.3, 0.4) is 0 Å². The summed E-state index contributed by atoms with van der Waals surface area (Å²) in [6.45, 7) is 4.54. The molecular formula is C30H41N. The maximum absolute atomic E-state index is 4.53. The zero-order valence-corrected chi connectivity index (χ0v) is 19.8. The van der Waals surface area contributed by atoms with Gasteiger partial charge in [0, 0.05) is 11.8 Å². The second-order valence-electron chi connectivity index (χ2n) is 9.45. The van der Waals surface area contributed by atoms with Gasteiger partial charge in [0.05, 0.1) is 0 Å². The van der Waals surface area contributed by atoms with E-state index in [0.29, 0.717) is 0 Å². The number of pyridine rings is 1. The maximum Gasteiger partial charge on any atom is 0.113 e. The molecule has 1 aliphatic rings. The van der Waals surface area contributed by atoms with Crippen LogP contribution in [-0.2, 0) is 6.42 Å². The smallest absolute Gasteiger partial charge is 0.113 e. The molecule has 1 fully saturated rings. The molecular weight excluding hydrogens is 374 g/mol. The molecule has 0 spiro atoms. The Balaban J connectivity index is 1.46. The normalized spacial score (nSPS) is 18.4. The van der Waals surface area contributed by atoms with Gasteiger partial charge in [0.1, 0.15) is 5.69 Å². The lowest BCUT2D eigenvalue weighted by Crippen LogP contribution is -2.13. The minimum Gasteiger partial charge on any atom is -0.248 e. The molecule has 166 valence electrons. The summed E-state index contributed by atoms with van der Waals surface area (Å²) in [5.74, 6) is 8.24. The van der Waals surface area contributed by atoms with E-state index in [4.69, 9.17) is 0 Å². The summed E-state index contributed by atoms with van der Waals surface area (Å²) in [6.07, 6.45) is 19.5. The Morgan fingerprint density at radius 1 is 0.774 bits per heavy atom. The fraction of sp³-hybridized carbons (Fsp3) is 0.567. The van der Waals surface area contributed by atoms with Gasteiger partial charge < -0.3 is 0 Å². The fourth-order valence-corrected chi connectivity index (χ4v) is 4.84. The summed E-state index contributed by atoms with van der Waals surface area (Å²) in [6, 6.07) is 13.2. The Kier molecular flexibility index (Phi) is 10.2. The molecule has 1 aliphatic carbocycles. The topological polar surface area (TPSA) is 12.9 Å². The summed E-state index contributed by atoms with van der Waals surface area (Å²) in [7, 11) is 0. The van der Waals surface area contributed by atoms with Crippen LogP contribution in [0.2, 0.25) is 0 Å². The first-order valence-electron chi connectivity index (χ1n) is 12.9. The zero-order chi connectivity index (χ0) is 21.7. The Morgan fingerprint density at radius 3 is 2.19 bits per heavy atom. The average molecular weight is 416 g/mol. The van der Waals surface area contributed by atoms with E-state index >= 15 is 0 Å². The Hall–Kier alpha value is -2.07. The van der Waals surface area contributed by atoms with Crippen molar-refractivity contribution in [2.75, 3.05) is 0 Å². The number of hydrogen-bond acceptors (Lipinski definition) is 1. The van der Waals surface area contributed by atoms with Crippen LogP contribution in [-0.4, -0.2) is 4.98 Å². The molecule has 0 N–H and O–H groups in total. The van der Waals surface area contributed by atoms with Crippen molar-refractivity contribution in [1.29, 1.82) is 0 Å². The molecule has 3 rings (SSSR count). The van der Waals surface area contributed by atoms with E-state index in [1.807, 2.05) is 6.20 Å². The quantitative estimate of drug-likeness (QED) is 0.280. The molecule has 1 saturated carbocycles. The third-order valence-corrected chi connectivity index (χ3v) is 6.92. The maximum atomic E-state index is 4.53. The van der Waals surface area contributed by atoms with E-state index in [-0.39, 0.29) is 0 Å². The largest absolute Gasteiger partial charge is 0.248 e. The number of hydrogen-bond donors (Lipinski definition) is 0. The molecule has 1 aromatic carbocycles. The molecule has 0 saturated heterocycles. The molecule has 0 atom stereocenters. The molecule has 0 unspecified atom stereocenters. The van der Waals surface area contributed by atoms with Gasteiger partial charge in [-0.05, 0) is 85.6 Å². The molecule has 1 aromatic heterocycles. The van der Waals surface area contributed by atoms with Gasteiger partial charge in [0.2, 0.25) is 0 Å². The Labute approximate surface area is 191 Å². The van der Waals surface area contributed by atoms with Crippen molar-refractivity contribution in [2.45, 2.75) is 103 Å². The van der Waals surface area contributed by atoms with Crippen molar-refractivity contribution < 1.29 is 0 Å². The van der Waals surface area contributed by atoms with Crippen molar-refractivity contribution in [3.8, 4) is 11.8 Å². The summed E-state index contributed by atoms with van der Waals surface area (Å²) in [4.78, 5) is 4.53. The minimum atomic E-state index is 0.746. The van der Waals surface area contributed by atoms with Gasteiger partial charge in [-0.25, -0.2) is 4.98 Å². The third kappa shape index (κ3) is 8.17. The molecule has 31 heavy (non-hydrogen) atoms. The first kappa shape index (κ1) is 23.6. The van der Waals surface area contributed by atoms with Crippen LogP contribution in [0.5, 0.6) is 0 Å². The van der Waals surface area contributed by atoms with Crippen LogP contribution in [0.1, 0.15) is 119 Å². The first-order valence-corrected chi connectivity index (χ1v) is 12.9. The van der Waals surface area contributed by atoms with E-state index in [1.165, 1.54) is 88.2 Å². The molecule has 0 amide bonds. The fourth-order valence-electron chi connectivity index (χ4n) is 4.84. The van der Waals surface area contributed by atoms with Gasteiger partial charge in [-0.1, -0.05) is 82.9 Å². The Morgan fingerprint density at radius 2 is 1.52 bits per heavy atom. The lowest BCUT2D eigenvalue weighted by atomic mass is 9.77. The van der Waals surface area contributed by atoms with Crippen LogP contribution in [0.4, 0.5) is 0 Å². The second kappa shape index (κ2) is 13.4. The predicted molar refractivity (Wildman–Crippen MR) is 133 cm³/mol. The van der Waals surface area contributed by atoms with Gasteiger partial charge in [-0.15, -0.1) is 0 Å². The number of benzene rings is 1. The number of rotatable bonds is 10. The van der Waals surface area contributed by atoms with Gasteiger partial charge >= 0.3 is 0 Å². The number of aryl methyl sites for hydroxylation is 1. The highest BCUT2D eigenvalue weighted by molar-refractivity contribution is 5.41. The summed E-state index contributed by atoms with van der Waals surface area (Å²) < 4.78 is 0. The van der Waals surface area contributed by atoms with Crippen LogP contribution >= 0.6 is 0 Å². The highest BCUT2D eigenvalue weighted by Gasteiger charge is 2.21. The highest BCUT2D eigenvalue weighted by Crippen LogP contribution is 2.37. The zero-order valence-electron chi connectivity index (χ0n) is 19.8. The van der Waals surface area contributed by atoms with Gasteiger partial charge in [0.25, 0.3) is 0 Å². The molecule has 1 heterocycles. The van der Waals surface area contributed by atoms with Crippen molar-refractivity contribution in [2.24, 2.45) is 5.92 Å². The molecule has 2 aromatic rings. The van der Waals surface area contributed by atoms with Crippen LogP contribution < -0.4 is 0 Å². The van der Waals surface area contributed by atoms with Crippen molar-refractivity contribution in [1.82, 2.24) is 4.98 Å². The first-order chi connectivity index (χ1) is 15.3. The van der Waals surface area contributed by atoms with Crippen molar-refractivity contribution in [3.63, 3.8) is 0 Å². The van der Waals surface area contributed by atoms with E-state index in [2.05, 4.69) is 67.1 Å². The number of aromatic nitrogens is 1. The van der Waals surface area contributed by atoms with Gasteiger partial charge in [0.15, 0.2) is 0 Å². The average Bonchev–Trinajstić information content (AvgIpc) is 2.82. The van der Waals surface area contributed by atoms with Gasteiger partial charge in [-0.2, -0.15) is 0 Å². The van der Waals surface area contributed by atoms with E-state index in [9.17, 15) is 0 Å². The molecule has 0 bridgehead atoms. The summed E-state index contributed by atoms with van der Waals surface area (Å²) in [5.41, 5.74) is 4.77. The van der Waals surface area contributed by atoms with E-state index in [1.54, 1.807) is 0 Å². The lowest BCUT2D eigenvalue weighted by molar-refractivity contribution is 0.302. The van der Waals surface area contributed by atoms with E-state index < -0.39 is 0 Å². The second-order valence-corrected chi connectivity index (χ2v) is 9.45. The van der Waals surface area contributed by atoms with Crippen LogP contribution in [0, 0.1) is 17.8 Å². The van der Waals surface area contributed by atoms with Crippen LogP contribution in [0.25, 0.3) is 0 Å². The predicted octanol–water partition coefficient (Wildman–Crippen LogP) is 8.46. The minimum absolute atomic E-state index is 0.746. The third-order valence-electron chi connectivity index (χ3n) is 6.92. The van der Waals surface area contributed by atoms with Crippen LogP contribution in [0.15, 0.2) is 42.6 Å². The van der Waals surface area contributed by atoms with Gasteiger partial charge in [-0.3, -0.25) is 0 Å². The van der Waals surface area contributed by atoms with Crippen molar-refractivity contribution in [3.05, 3.63) is 65.0 Å². The van der Waals surface area contributed by atoms with Crippen molar-refractivity contribution >= 4 is 0 Å². The number of nitrogens with zero attached hydrogens (tertiary/aromatic N) is 1. The Bertz CT molecular complexity index is 798. The summed E-state index contributed by atoms with van der Waals surface area (Å²) >= 11 is 0.